The maximum atomic E-state index is 11.7. The molecule has 23 heavy (non-hydrogen) atoms. The van der Waals surface area contributed by atoms with Crippen LogP contribution in [0.15, 0.2) is 17.5 Å². The number of nitrogens with zero attached hydrogens (tertiary/aromatic N) is 3. The monoisotopic (exact) mass is 337 g/mol. The van der Waals surface area contributed by atoms with E-state index in [1.807, 2.05) is 16.2 Å². The Morgan fingerprint density at radius 1 is 1.35 bits per heavy atom. The average molecular weight is 337 g/mol. The van der Waals surface area contributed by atoms with E-state index in [0.29, 0.717) is 11.9 Å². The lowest BCUT2D eigenvalue weighted by atomic mass is 10.1. The molecular weight excluding hydrogens is 310 g/mol. The van der Waals surface area contributed by atoms with Crippen molar-refractivity contribution in [2.75, 3.05) is 59.5 Å². The Labute approximate surface area is 142 Å². The number of amides is 1. The fourth-order valence-electron chi connectivity index (χ4n) is 3.37. The van der Waals surface area contributed by atoms with Crippen molar-refractivity contribution in [1.29, 1.82) is 0 Å². The quantitative estimate of drug-likeness (QED) is 0.758. The van der Waals surface area contributed by atoms with Crippen LogP contribution in [-0.2, 0) is 9.53 Å². The molecule has 5 nitrogen and oxygen atoms in total. The van der Waals surface area contributed by atoms with Crippen molar-refractivity contribution in [1.82, 2.24) is 14.7 Å². The molecule has 0 spiro atoms. The van der Waals surface area contributed by atoms with Crippen LogP contribution >= 0.6 is 11.3 Å². The lowest BCUT2D eigenvalue weighted by Gasteiger charge is -2.36. The molecule has 3 heterocycles. The molecule has 0 bridgehead atoms. The van der Waals surface area contributed by atoms with Gasteiger partial charge in [-0.05, 0) is 24.9 Å². The van der Waals surface area contributed by atoms with E-state index in [1.54, 1.807) is 0 Å². The Morgan fingerprint density at radius 3 is 2.83 bits per heavy atom. The fraction of sp³-hybridized carbons (Fsp3) is 0.706. The molecule has 2 aliphatic heterocycles. The van der Waals surface area contributed by atoms with Crippen molar-refractivity contribution in [2.24, 2.45) is 0 Å². The number of likely N-dealkylation sites (tertiary alicyclic amines) is 1. The Balaban J connectivity index is 1.55. The van der Waals surface area contributed by atoms with E-state index in [-0.39, 0.29) is 0 Å². The van der Waals surface area contributed by atoms with Gasteiger partial charge in [0.15, 0.2) is 0 Å². The van der Waals surface area contributed by atoms with Crippen molar-refractivity contribution in [2.45, 2.75) is 18.9 Å². The lowest BCUT2D eigenvalue weighted by Crippen LogP contribution is -2.44. The van der Waals surface area contributed by atoms with Crippen molar-refractivity contribution < 1.29 is 9.53 Å². The third-order valence-electron chi connectivity index (χ3n) is 4.77. The third kappa shape index (κ3) is 4.53. The number of carbonyl (C=O) groups excluding carboxylic acids is 1. The van der Waals surface area contributed by atoms with Gasteiger partial charge in [-0.2, -0.15) is 0 Å². The van der Waals surface area contributed by atoms with E-state index in [4.69, 9.17) is 4.74 Å². The second-order valence-corrected chi connectivity index (χ2v) is 7.41. The first-order valence-corrected chi connectivity index (χ1v) is 9.43. The van der Waals surface area contributed by atoms with E-state index >= 15 is 0 Å². The Bertz CT molecular complexity index is 488. The molecule has 1 atom stereocenters. The normalized spacial score (nSPS) is 21.3. The highest BCUT2D eigenvalue weighted by atomic mass is 32.1. The molecule has 2 fully saturated rings. The average Bonchev–Trinajstić information content (AvgIpc) is 3.23. The van der Waals surface area contributed by atoms with E-state index in [9.17, 15) is 4.79 Å². The molecule has 0 N–H and O–H groups in total. The van der Waals surface area contributed by atoms with Gasteiger partial charge in [0.2, 0.25) is 5.91 Å². The van der Waals surface area contributed by atoms with Gasteiger partial charge in [0.05, 0.1) is 19.3 Å². The maximum absolute atomic E-state index is 11.7. The third-order valence-corrected chi connectivity index (χ3v) is 5.74. The molecule has 0 aromatic carbocycles. The summed E-state index contributed by atoms with van der Waals surface area (Å²) in [5, 5.41) is 2.16. The molecular formula is C17H27N3O2S. The molecule has 128 valence electrons. The Morgan fingerprint density at radius 2 is 2.17 bits per heavy atom. The standard InChI is InChI=1S/C17H27N3O2S/c1-18(7-8-20-6-2-5-17(20)21)14-15(16-4-3-13-23-16)19-9-11-22-12-10-19/h3-4,13,15H,2,5-12,14H2,1H3/t15-/m1/s1. The van der Waals surface area contributed by atoms with Gasteiger partial charge in [-0.15, -0.1) is 11.3 Å². The number of hydrogen-bond acceptors (Lipinski definition) is 5. The highest BCUT2D eigenvalue weighted by Gasteiger charge is 2.25. The van der Waals surface area contributed by atoms with Crippen molar-refractivity contribution in [3.05, 3.63) is 22.4 Å². The summed E-state index contributed by atoms with van der Waals surface area (Å²) in [7, 11) is 2.17. The van der Waals surface area contributed by atoms with E-state index in [1.165, 1.54) is 4.88 Å². The van der Waals surface area contributed by atoms with Gasteiger partial charge in [0.1, 0.15) is 0 Å². The second-order valence-electron chi connectivity index (χ2n) is 6.43. The lowest BCUT2D eigenvalue weighted by molar-refractivity contribution is -0.127. The number of thiophene rings is 1. The predicted molar refractivity (Wildman–Crippen MR) is 92.8 cm³/mol. The Hall–Kier alpha value is -0.950. The van der Waals surface area contributed by atoms with E-state index in [2.05, 4.69) is 34.4 Å². The molecule has 0 unspecified atom stereocenters. The molecule has 0 aliphatic carbocycles. The SMILES string of the molecule is CN(CCN1CCCC1=O)C[C@H](c1cccs1)N1CCOCC1. The van der Waals surface area contributed by atoms with Crippen LogP contribution in [0.4, 0.5) is 0 Å². The summed E-state index contributed by atoms with van der Waals surface area (Å²) >= 11 is 1.84. The van der Waals surface area contributed by atoms with Crippen molar-refractivity contribution in [3.8, 4) is 0 Å². The Kier molecular flexibility index (Phi) is 6.05. The van der Waals surface area contributed by atoms with Crippen LogP contribution < -0.4 is 0 Å². The van der Waals surface area contributed by atoms with Gasteiger partial charge >= 0.3 is 0 Å². The molecule has 1 amide bonds. The molecule has 0 saturated carbocycles. The maximum Gasteiger partial charge on any atom is 0.222 e. The minimum Gasteiger partial charge on any atom is -0.379 e. The molecule has 2 saturated heterocycles. The van der Waals surface area contributed by atoms with E-state index < -0.39 is 0 Å². The van der Waals surface area contributed by atoms with Crippen LogP contribution in [0.25, 0.3) is 0 Å². The molecule has 2 aliphatic rings. The fourth-order valence-corrected chi connectivity index (χ4v) is 4.23. The number of morpholine rings is 1. The van der Waals surface area contributed by atoms with Gasteiger partial charge in [-0.1, -0.05) is 6.07 Å². The molecule has 0 radical (unpaired) electrons. The smallest absolute Gasteiger partial charge is 0.222 e. The summed E-state index contributed by atoms with van der Waals surface area (Å²) in [5.41, 5.74) is 0. The minimum atomic E-state index is 0.321. The first-order chi connectivity index (χ1) is 11.2. The summed E-state index contributed by atoms with van der Waals surface area (Å²) in [6.07, 6.45) is 1.75. The molecule has 3 rings (SSSR count). The topological polar surface area (TPSA) is 36.0 Å². The molecule has 1 aromatic heterocycles. The second kappa shape index (κ2) is 8.24. The number of rotatable bonds is 7. The van der Waals surface area contributed by atoms with Crippen LogP contribution in [0, 0.1) is 0 Å². The largest absolute Gasteiger partial charge is 0.379 e. The summed E-state index contributed by atoms with van der Waals surface area (Å²) in [5.74, 6) is 0.321. The van der Waals surface area contributed by atoms with Gasteiger partial charge in [-0.25, -0.2) is 0 Å². The van der Waals surface area contributed by atoms with Crippen molar-refractivity contribution in [3.63, 3.8) is 0 Å². The van der Waals surface area contributed by atoms with Crippen LogP contribution in [-0.4, -0.2) is 80.1 Å². The van der Waals surface area contributed by atoms with Crippen LogP contribution in [0.5, 0.6) is 0 Å². The zero-order valence-corrected chi connectivity index (χ0v) is 14.8. The van der Waals surface area contributed by atoms with Gasteiger partial charge < -0.3 is 14.5 Å². The van der Waals surface area contributed by atoms with Crippen molar-refractivity contribution >= 4 is 17.2 Å². The molecule has 6 heteroatoms. The van der Waals surface area contributed by atoms with Crippen LogP contribution in [0.3, 0.4) is 0 Å². The highest BCUT2D eigenvalue weighted by Crippen LogP contribution is 2.26. The first-order valence-electron chi connectivity index (χ1n) is 8.55. The number of hydrogen-bond donors (Lipinski definition) is 0. The summed E-state index contributed by atoms with van der Waals surface area (Å²) in [6, 6.07) is 4.80. The number of likely N-dealkylation sites (N-methyl/N-ethyl adjacent to an activating group) is 1. The summed E-state index contributed by atoms with van der Waals surface area (Å²) < 4.78 is 5.50. The number of carbonyl (C=O) groups is 1. The van der Waals surface area contributed by atoms with Crippen LogP contribution in [0.1, 0.15) is 23.8 Å². The van der Waals surface area contributed by atoms with Gasteiger partial charge in [0, 0.05) is 50.6 Å². The van der Waals surface area contributed by atoms with Crippen LogP contribution in [0.2, 0.25) is 0 Å². The number of ether oxygens (including phenoxy) is 1. The minimum absolute atomic E-state index is 0.321. The highest BCUT2D eigenvalue weighted by molar-refractivity contribution is 7.10. The summed E-state index contributed by atoms with van der Waals surface area (Å²) in [4.78, 5) is 20.1. The first kappa shape index (κ1) is 16.9. The zero-order chi connectivity index (χ0) is 16.1. The van der Waals surface area contributed by atoms with Gasteiger partial charge in [0.25, 0.3) is 0 Å². The van der Waals surface area contributed by atoms with E-state index in [0.717, 1.165) is 65.3 Å². The predicted octanol–water partition coefficient (Wildman–Crippen LogP) is 1.68. The molecule has 1 aromatic rings. The zero-order valence-electron chi connectivity index (χ0n) is 13.9. The van der Waals surface area contributed by atoms with Gasteiger partial charge in [-0.3, -0.25) is 9.69 Å². The summed E-state index contributed by atoms with van der Waals surface area (Å²) in [6.45, 7) is 7.39.